The lowest BCUT2D eigenvalue weighted by atomic mass is 10.1. The van der Waals surface area contributed by atoms with Crippen LogP contribution in [0.15, 0.2) is 12.2 Å². The molecule has 0 fully saturated rings. The number of hydrogen-bond donors (Lipinski definition) is 0. The van der Waals surface area contributed by atoms with E-state index in [0.717, 1.165) is 25.5 Å². The summed E-state index contributed by atoms with van der Waals surface area (Å²) in [4.78, 5) is 13.3. The van der Waals surface area contributed by atoms with E-state index in [1.54, 1.807) is 0 Å². The Hall–Kier alpha value is -1.41. The third-order valence-corrected chi connectivity index (χ3v) is 1.64. The van der Waals surface area contributed by atoms with Crippen molar-refractivity contribution >= 4 is 12.2 Å². The summed E-state index contributed by atoms with van der Waals surface area (Å²) < 4.78 is 4.90. The van der Waals surface area contributed by atoms with Crippen molar-refractivity contribution in [3.63, 3.8) is 0 Å². The van der Waals surface area contributed by atoms with Gasteiger partial charge in [-0.2, -0.15) is 4.79 Å². The molecule has 1 aliphatic rings. The SMILES string of the molecule is [N-]=[N+]=CC(=O)O[C@@H]1C=CCCC1. The van der Waals surface area contributed by atoms with Crippen molar-refractivity contribution in [2.45, 2.75) is 25.4 Å². The molecule has 12 heavy (non-hydrogen) atoms. The van der Waals surface area contributed by atoms with Gasteiger partial charge < -0.3 is 10.3 Å². The van der Waals surface area contributed by atoms with Gasteiger partial charge in [-0.15, -0.1) is 0 Å². The fraction of sp³-hybridized carbons (Fsp3) is 0.500. The summed E-state index contributed by atoms with van der Waals surface area (Å²) in [5.41, 5.74) is 8.02. The predicted molar refractivity (Wildman–Crippen MR) is 42.6 cm³/mol. The van der Waals surface area contributed by atoms with Crippen LogP contribution in [-0.4, -0.2) is 23.1 Å². The minimum Gasteiger partial charge on any atom is -0.450 e. The van der Waals surface area contributed by atoms with Crippen molar-refractivity contribution in [1.82, 2.24) is 0 Å². The summed E-state index contributed by atoms with van der Waals surface area (Å²) in [7, 11) is 0. The van der Waals surface area contributed by atoms with Gasteiger partial charge in [0.1, 0.15) is 6.10 Å². The third kappa shape index (κ3) is 2.68. The summed E-state index contributed by atoms with van der Waals surface area (Å²) >= 11 is 0. The number of allylic oxidation sites excluding steroid dienone is 1. The number of esters is 1. The maximum Gasteiger partial charge on any atom is 0.414 e. The zero-order valence-corrected chi connectivity index (χ0v) is 6.64. The average Bonchev–Trinajstić information content (AvgIpc) is 2.06. The van der Waals surface area contributed by atoms with Crippen LogP contribution >= 0.6 is 0 Å². The Morgan fingerprint density at radius 3 is 3.17 bits per heavy atom. The van der Waals surface area contributed by atoms with Gasteiger partial charge in [-0.05, 0) is 25.3 Å². The molecule has 0 heterocycles. The maximum atomic E-state index is 10.7. The topological polar surface area (TPSA) is 62.7 Å². The van der Waals surface area contributed by atoms with Crippen molar-refractivity contribution < 1.29 is 14.3 Å². The van der Waals surface area contributed by atoms with Gasteiger partial charge in [0, 0.05) is 0 Å². The first-order chi connectivity index (χ1) is 5.83. The van der Waals surface area contributed by atoms with Gasteiger partial charge in [0.15, 0.2) is 0 Å². The van der Waals surface area contributed by atoms with E-state index in [-0.39, 0.29) is 6.10 Å². The van der Waals surface area contributed by atoms with E-state index in [1.807, 2.05) is 12.2 Å². The molecule has 0 aromatic rings. The van der Waals surface area contributed by atoms with Crippen molar-refractivity contribution in [3.05, 3.63) is 17.7 Å². The molecule has 0 N–H and O–H groups in total. The lowest BCUT2D eigenvalue weighted by Crippen LogP contribution is -2.18. The van der Waals surface area contributed by atoms with E-state index in [0.29, 0.717) is 0 Å². The number of carbonyl (C=O) groups is 1. The molecule has 0 unspecified atom stereocenters. The Morgan fingerprint density at radius 2 is 2.58 bits per heavy atom. The van der Waals surface area contributed by atoms with Gasteiger partial charge in [0.2, 0.25) is 0 Å². The quantitative estimate of drug-likeness (QED) is 0.201. The molecule has 1 atom stereocenters. The summed E-state index contributed by atoms with van der Waals surface area (Å²) in [6.07, 6.45) is 7.37. The van der Waals surface area contributed by atoms with Crippen LogP contribution < -0.4 is 0 Å². The van der Waals surface area contributed by atoms with E-state index >= 15 is 0 Å². The van der Waals surface area contributed by atoms with E-state index in [4.69, 9.17) is 10.3 Å². The second-order valence-electron chi connectivity index (χ2n) is 2.58. The van der Waals surface area contributed by atoms with Crippen molar-refractivity contribution in [2.75, 3.05) is 0 Å². The van der Waals surface area contributed by atoms with Crippen molar-refractivity contribution in [2.24, 2.45) is 0 Å². The molecule has 4 nitrogen and oxygen atoms in total. The Balaban J connectivity index is 2.39. The van der Waals surface area contributed by atoms with Gasteiger partial charge in [-0.1, -0.05) is 6.08 Å². The maximum absolute atomic E-state index is 10.7. The fourth-order valence-electron chi connectivity index (χ4n) is 1.11. The summed E-state index contributed by atoms with van der Waals surface area (Å²) in [5.74, 6) is -0.603. The Bertz CT molecular complexity index is 241. The average molecular weight is 166 g/mol. The van der Waals surface area contributed by atoms with Gasteiger partial charge in [-0.25, -0.2) is 4.79 Å². The van der Waals surface area contributed by atoms with Crippen LogP contribution in [0.4, 0.5) is 0 Å². The standard InChI is InChI=1S/C8H10N2O2/c9-10-6-8(11)12-7-4-2-1-3-5-7/h2,4,6-7H,1,3,5H2/t7-/m1/s1. The number of carbonyl (C=O) groups excluding carboxylic acids is 1. The first-order valence-corrected chi connectivity index (χ1v) is 3.87. The summed E-state index contributed by atoms with van der Waals surface area (Å²) in [5, 5.41) is 0. The zero-order valence-electron chi connectivity index (χ0n) is 6.64. The Kier molecular flexibility index (Phi) is 3.23. The van der Waals surface area contributed by atoms with E-state index in [2.05, 4.69) is 4.79 Å². The number of ether oxygens (including phenoxy) is 1. The van der Waals surface area contributed by atoms with Gasteiger partial charge in [0.05, 0.1) is 0 Å². The highest BCUT2D eigenvalue weighted by molar-refractivity contribution is 6.20. The number of nitrogens with zero attached hydrogens (tertiary/aromatic N) is 2. The van der Waals surface area contributed by atoms with Crippen LogP contribution in [0.1, 0.15) is 19.3 Å². The molecule has 4 heteroatoms. The fourth-order valence-corrected chi connectivity index (χ4v) is 1.11. The largest absolute Gasteiger partial charge is 0.450 e. The van der Waals surface area contributed by atoms with Crippen LogP contribution in [0.25, 0.3) is 5.53 Å². The zero-order chi connectivity index (χ0) is 8.81. The minimum atomic E-state index is -0.603. The van der Waals surface area contributed by atoms with E-state index in [9.17, 15) is 4.79 Å². The van der Waals surface area contributed by atoms with Crippen molar-refractivity contribution in [1.29, 1.82) is 0 Å². The lowest BCUT2D eigenvalue weighted by molar-refractivity contribution is -0.142. The predicted octanol–water partition coefficient (Wildman–Crippen LogP) is 0.939. The summed E-state index contributed by atoms with van der Waals surface area (Å²) in [6, 6.07) is 0. The molecule has 0 bridgehead atoms. The molecule has 0 saturated carbocycles. The molecule has 0 aliphatic heterocycles. The molecule has 0 aromatic heterocycles. The molecule has 0 aromatic carbocycles. The summed E-state index contributed by atoms with van der Waals surface area (Å²) in [6.45, 7) is 0. The van der Waals surface area contributed by atoms with Crippen LogP contribution in [-0.2, 0) is 9.53 Å². The minimum absolute atomic E-state index is 0.149. The molecular weight excluding hydrogens is 156 g/mol. The monoisotopic (exact) mass is 166 g/mol. The smallest absolute Gasteiger partial charge is 0.414 e. The Morgan fingerprint density at radius 1 is 1.75 bits per heavy atom. The first-order valence-electron chi connectivity index (χ1n) is 3.87. The van der Waals surface area contributed by atoms with Crippen LogP contribution in [0.5, 0.6) is 0 Å². The molecular formula is C8H10N2O2. The highest BCUT2D eigenvalue weighted by Crippen LogP contribution is 2.12. The lowest BCUT2D eigenvalue weighted by Gasteiger charge is -2.14. The molecule has 1 aliphatic carbocycles. The van der Waals surface area contributed by atoms with Gasteiger partial charge >= 0.3 is 12.2 Å². The van der Waals surface area contributed by atoms with Crippen LogP contribution in [0.3, 0.4) is 0 Å². The highest BCUT2D eigenvalue weighted by Gasteiger charge is 2.13. The molecule has 0 spiro atoms. The van der Waals surface area contributed by atoms with E-state index in [1.165, 1.54) is 0 Å². The first kappa shape index (κ1) is 8.68. The molecule has 0 saturated heterocycles. The second kappa shape index (κ2) is 4.46. The third-order valence-electron chi connectivity index (χ3n) is 1.64. The van der Waals surface area contributed by atoms with E-state index < -0.39 is 5.97 Å². The highest BCUT2D eigenvalue weighted by atomic mass is 16.5. The Labute approximate surface area is 70.5 Å². The normalized spacial score (nSPS) is 21.2. The second-order valence-corrected chi connectivity index (χ2v) is 2.58. The number of rotatable bonds is 2. The van der Waals surface area contributed by atoms with Crippen LogP contribution in [0.2, 0.25) is 0 Å². The van der Waals surface area contributed by atoms with Gasteiger partial charge in [0.25, 0.3) is 0 Å². The van der Waals surface area contributed by atoms with Gasteiger partial charge in [-0.3, -0.25) is 0 Å². The molecule has 64 valence electrons. The van der Waals surface area contributed by atoms with Crippen LogP contribution in [0, 0.1) is 0 Å². The van der Waals surface area contributed by atoms with Crippen molar-refractivity contribution in [3.8, 4) is 0 Å². The molecule has 1 rings (SSSR count). The molecule has 0 amide bonds. The molecule has 0 radical (unpaired) electrons. The number of hydrogen-bond acceptors (Lipinski definition) is 2.